The lowest BCUT2D eigenvalue weighted by molar-refractivity contribution is -0.115. The number of hydrogen-bond acceptors (Lipinski definition) is 8. The Morgan fingerprint density at radius 3 is 2.22 bits per heavy atom. The maximum absolute atomic E-state index is 12.5. The van der Waals surface area contributed by atoms with Crippen molar-refractivity contribution < 1.29 is 23.4 Å². The van der Waals surface area contributed by atoms with Gasteiger partial charge in [-0.25, -0.2) is 0 Å². The number of nitrogens with zero attached hydrogens (tertiary/aromatic N) is 2. The number of aromatic nitrogens is 2. The first-order valence-corrected chi connectivity index (χ1v) is 11.4. The summed E-state index contributed by atoms with van der Waals surface area (Å²) in [7, 11) is 0. The van der Waals surface area contributed by atoms with E-state index in [2.05, 4.69) is 15.5 Å². The van der Waals surface area contributed by atoms with Crippen LogP contribution in [0.5, 0.6) is 17.2 Å². The topological polar surface area (TPSA) is 95.7 Å². The average Bonchev–Trinajstić information content (AvgIpc) is 3.25. The number of carbonyl (C=O) groups is 1. The Morgan fingerprint density at radius 1 is 1.00 bits per heavy atom. The van der Waals surface area contributed by atoms with E-state index in [0.29, 0.717) is 53.7 Å². The largest absolute Gasteiger partial charge is 0.490 e. The van der Waals surface area contributed by atoms with Crippen molar-refractivity contribution in [3.05, 3.63) is 42.5 Å². The minimum Gasteiger partial charge on any atom is -0.490 e. The molecular formula is C23H27N3O5S. The molecule has 3 aromatic rings. The molecule has 3 rings (SSSR count). The predicted octanol–water partition coefficient (Wildman–Crippen LogP) is 5.05. The second-order valence-electron chi connectivity index (χ2n) is 6.59. The lowest BCUT2D eigenvalue weighted by Gasteiger charge is -2.16. The van der Waals surface area contributed by atoms with Crippen LogP contribution in [0.4, 0.5) is 5.69 Å². The summed E-state index contributed by atoms with van der Waals surface area (Å²) in [5.41, 5.74) is 1.37. The molecule has 0 radical (unpaired) electrons. The highest BCUT2D eigenvalue weighted by molar-refractivity contribution is 8.00. The van der Waals surface area contributed by atoms with E-state index in [1.165, 1.54) is 11.8 Å². The first-order valence-electron chi connectivity index (χ1n) is 10.5. The van der Waals surface area contributed by atoms with Gasteiger partial charge in [0.2, 0.25) is 17.5 Å². The van der Waals surface area contributed by atoms with Gasteiger partial charge >= 0.3 is 0 Å². The summed E-state index contributed by atoms with van der Waals surface area (Å²) in [5.74, 6) is 1.77. The summed E-state index contributed by atoms with van der Waals surface area (Å²) in [4.78, 5) is 12.5. The average molecular weight is 458 g/mol. The highest BCUT2D eigenvalue weighted by atomic mass is 32.2. The van der Waals surface area contributed by atoms with Crippen LogP contribution in [-0.4, -0.2) is 41.2 Å². The van der Waals surface area contributed by atoms with Crippen LogP contribution < -0.4 is 19.5 Å². The van der Waals surface area contributed by atoms with Crippen molar-refractivity contribution in [3.8, 4) is 28.7 Å². The number of benzene rings is 2. The Bertz CT molecular complexity index is 998. The lowest BCUT2D eigenvalue weighted by atomic mass is 10.2. The van der Waals surface area contributed by atoms with E-state index in [9.17, 15) is 4.79 Å². The number of carbonyl (C=O) groups excluding carboxylic acids is 1. The summed E-state index contributed by atoms with van der Waals surface area (Å²) < 4.78 is 23.0. The zero-order chi connectivity index (χ0) is 22.9. The molecule has 0 fully saturated rings. The quantitative estimate of drug-likeness (QED) is 0.400. The fourth-order valence-electron chi connectivity index (χ4n) is 2.86. The molecule has 0 aliphatic rings. The van der Waals surface area contributed by atoms with Crippen LogP contribution in [0.3, 0.4) is 0 Å². The van der Waals surface area contributed by atoms with Gasteiger partial charge in [-0.3, -0.25) is 4.79 Å². The number of thioether (sulfide) groups is 1. The summed E-state index contributed by atoms with van der Waals surface area (Å²) >= 11 is 1.19. The standard InChI is InChI=1S/C23H27N3O5S/c1-5-28-18-13-16(14-19(29-6-2)20(18)30-7-3)22-25-26-23(31-22)32-15(4)21(27)24-17-11-9-8-10-12-17/h8-15H,5-7H2,1-4H3,(H,24,27). The van der Waals surface area contributed by atoms with Crippen LogP contribution in [-0.2, 0) is 4.79 Å². The zero-order valence-corrected chi connectivity index (χ0v) is 19.4. The summed E-state index contributed by atoms with van der Waals surface area (Å²) in [6, 6.07) is 12.8. The van der Waals surface area contributed by atoms with Gasteiger partial charge in [0, 0.05) is 11.3 Å². The Balaban J connectivity index is 1.78. The minimum absolute atomic E-state index is 0.153. The SMILES string of the molecule is CCOc1cc(-c2nnc(SC(C)C(=O)Nc3ccccc3)o2)cc(OCC)c1OCC. The fourth-order valence-corrected chi connectivity index (χ4v) is 3.54. The molecule has 1 aromatic heterocycles. The summed E-state index contributed by atoms with van der Waals surface area (Å²) in [6.07, 6.45) is 0. The third-order valence-electron chi connectivity index (χ3n) is 4.25. The van der Waals surface area contributed by atoms with Gasteiger partial charge in [0.05, 0.1) is 25.1 Å². The Hall–Kier alpha value is -3.20. The number of ether oxygens (including phenoxy) is 3. The van der Waals surface area contributed by atoms with Crippen LogP contribution >= 0.6 is 11.8 Å². The van der Waals surface area contributed by atoms with Crippen molar-refractivity contribution in [1.82, 2.24) is 10.2 Å². The third-order valence-corrected chi connectivity index (χ3v) is 5.18. The summed E-state index contributed by atoms with van der Waals surface area (Å²) in [6.45, 7) is 8.88. The van der Waals surface area contributed by atoms with Gasteiger partial charge in [-0.2, -0.15) is 0 Å². The Morgan fingerprint density at radius 2 is 1.62 bits per heavy atom. The zero-order valence-electron chi connectivity index (χ0n) is 18.6. The van der Waals surface area contributed by atoms with Gasteiger partial charge in [0.1, 0.15) is 0 Å². The Kier molecular flexibility index (Phi) is 8.38. The normalized spacial score (nSPS) is 11.6. The highest BCUT2D eigenvalue weighted by Gasteiger charge is 2.21. The van der Waals surface area contributed by atoms with Crippen LogP contribution in [0, 0.1) is 0 Å². The molecule has 170 valence electrons. The van der Waals surface area contributed by atoms with Crippen molar-refractivity contribution in [2.24, 2.45) is 0 Å². The van der Waals surface area contributed by atoms with Crippen LogP contribution in [0.25, 0.3) is 11.5 Å². The molecule has 0 aliphatic carbocycles. The molecule has 32 heavy (non-hydrogen) atoms. The molecule has 0 aliphatic heterocycles. The molecule has 1 heterocycles. The van der Waals surface area contributed by atoms with Gasteiger partial charge < -0.3 is 23.9 Å². The van der Waals surface area contributed by atoms with E-state index < -0.39 is 5.25 Å². The van der Waals surface area contributed by atoms with Crippen molar-refractivity contribution >= 4 is 23.4 Å². The third kappa shape index (κ3) is 5.94. The Labute approximate surface area is 191 Å². The number of hydrogen-bond donors (Lipinski definition) is 1. The predicted molar refractivity (Wildman–Crippen MR) is 124 cm³/mol. The van der Waals surface area contributed by atoms with Gasteiger partial charge in [-0.05, 0) is 52.0 Å². The van der Waals surface area contributed by atoms with E-state index in [1.54, 1.807) is 19.1 Å². The molecule has 1 atom stereocenters. The van der Waals surface area contributed by atoms with Crippen molar-refractivity contribution in [1.29, 1.82) is 0 Å². The molecule has 2 aromatic carbocycles. The van der Waals surface area contributed by atoms with Gasteiger partial charge in [0.25, 0.3) is 5.22 Å². The van der Waals surface area contributed by atoms with E-state index in [-0.39, 0.29) is 5.91 Å². The van der Waals surface area contributed by atoms with Crippen molar-refractivity contribution in [2.45, 2.75) is 38.2 Å². The number of rotatable bonds is 11. The molecule has 1 amide bonds. The van der Waals surface area contributed by atoms with Crippen molar-refractivity contribution in [3.63, 3.8) is 0 Å². The number of nitrogens with one attached hydrogen (secondary N) is 1. The monoisotopic (exact) mass is 457 g/mol. The lowest BCUT2D eigenvalue weighted by Crippen LogP contribution is -2.22. The fraction of sp³-hybridized carbons (Fsp3) is 0.348. The number of para-hydroxylation sites is 1. The smallest absolute Gasteiger partial charge is 0.277 e. The van der Waals surface area contributed by atoms with Crippen molar-refractivity contribution in [2.75, 3.05) is 25.1 Å². The highest BCUT2D eigenvalue weighted by Crippen LogP contribution is 2.42. The second-order valence-corrected chi connectivity index (χ2v) is 7.88. The number of anilines is 1. The molecule has 1 N–H and O–H groups in total. The van der Waals surface area contributed by atoms with E-state index in [1.807, 2.05) is 51.1 Å². The first-order chi connectivity index (χ1) is 15.5. The molecule has 0 spiro atoms. The molecule has 1 unspecified atom stereocenters. The first kappa shape index (κ1) is 23.5. The van der Waals surface area contributed by atoms with Crippen LogP contribution in [0.2, 0.25) is 0 Å². The van der Waals surface area contributed by atoms with E-state index in [4.69, 9.17) is 18.6 Å². The molecule has 0 saturated heterocycles. The van der Waals surface area contributed by atoms with Crippen LogP contribution in [0.1, 0.15) is 27.7 Å². The van der Waals surface area contributed by atoms with Crippen LogP contribution in [0.15, 0.2) is 52.1 Å². The number of amides is 1. The maximum atomic E-state index is 12.5. The molecular weight excluding hydrogens is 430 g/mol. The molecule has 0 bridgehead atoms. The van der Waals surface area contributed by atoms with Gasteiger partial charge in [-0.15, -0.1) is 10.2 Å². The van der Waals surface area contributed by atoms with Gasteiger partial charge in [0.15, 0.2) is 11.5 Å². The summed E-state index contributed by atoms with van der Waals surface area (Å²) in [5, 5.41) is 11.0. The van der Waals surface area contributed by atoms with Gasteiger partial charge in [-0.1, -0.05) is 30.0 Å². The molecule has 8 nitrogen and oxygen atoms in total. The molecule has 0 saturated carbocycles. The molecule has 9 heteroatoms. The maximum Gasteiger partial charge on any atom is 0.277 e. The van der Waals surface area contributed by atoms with E-state index >= 15 is 0 Å². The van der Waals surface area contributed by atoms with E-state index in [0.717, 1.165) is 5.69 Å². The second kappa shape index (κ2) is 11.4. The minimum atomic E-state index is -0.429.